The summed E-state index contributed by atoms with van der Waals surface area (Å²) >= 11 is 0. The fourth-order valence-electron chi connectivity index (χ4n) is 2.18. The van der Waals surface area contributed by atoms with E-state index in [0.717, 1.165) is 56.5 Å². The zero-order chi connectivity index (χ0) is 13.7. The van der Waals surface area contributed by atoms with Gasteiger partial charge in [0.1, 0.15) is 17.5 Å². The highest BCUT2D eigenvalue weighted by Gasteiger charge is 2.22. The Morgan fingerprint density at radius 3 is 2.89 bits per heavy atom. The number of nitrogens with one attached hydrogen (secondary N) is 1. The van der Waals surface area contributed by atoms with Crippen LogP contribution in [0, 0.1) is 0 Å². The van der Waals surface area contributed by atoms with Crippen molar-refractivity contribution in [2.24, 2.45) is 0 Å². The lowest BCUT2D eigenvalue weighted by molar-refractivity contribution is 0.193. The molecule has 1 saturated heterocycles. The fourth-order valence-corrected chi connectivity index (χ4v) is 2.18. The van der Waals surface area contributed by atoms with Gasteiger partial charge < -0.3 is 15.0 Å². The SMILES string of the molecule is CCCNc1cc(N(C)C2CCOC2)nc(CC)n1. The van der Waals surface area contributed by atoms with Crippen LogP contribution in [0.4, 0.5) is 11.6 Å². The first-order chi connectivity index (χ1) is 9.24. The molecule has 1 atom stereocenters. The molecule has 106 valence electrons. The molecule has 1 N–H and O–H groups in total. The zero-order valence-electron chi connectivity index (χ0n) is 12.1. The van der Waals surface area contributed by atoms with E-state index in [0.29, 0.717) is 6.04 Å². The van der Waals surface area contributed by atoms with Crippen LogP contribution in [0.1, 0.15) is 32.5 Å². The second-order valence-corrected chi connectivity index (χ2v) is 4.94. The molecule has 1 aromatic rings. The zero-order valence-corrected chi connectivity index (χ0v) is 12.1. The quantitative estimate of drug-likeness (QED) is 0.852. The average molecular weight is 264 g/mol. The minimum absolute atomic E-state index is 0.429. The van der Waals surface area contributed by atoms with E-state index in [1.165, 1.54) is 0 Å². The van der Waals surface area contributed by atoms with Crippen molar-refractivity contribution in [1.82, 2.24) is 9.97 Å². The van der Waals surface area contributed by atoms with Gasteiger partial charge in [-0.15, -0.1) is 0 Å². The lowest BCUT2D eigenvalue weighted by Gasteiger charge is -2.25. The maximum absolute atomic E-state index is 5.45. The van der Waals surface area contributed by atoms with Gasteiger partial charge in [0.15, 0.2) is 0 Å². The predicted molar refractivity (Wildman–Crippen MR) is 77.8 cm³/mol. The third kappa shape index (κ3) is 3.56. The highest BCUT2D eigenvalue weighted by molar-refractivity contribution is 5.49. The Balaban J connectivity index is 2.17. The van der Waals surface area contributed by atoms with Crippen molar-refractivity contribution in [3.63, 3.8) is 0 Å². The Bertz CT molecular complexity index is 404. The van der Waals surface area contributed by atoms with Crippen LogP contribution in [-0.2, 0) is 11.2 Å². The van der Waals surface area contributed by atoms with E-state index in [9.17, 15) is 0 Å². The van der Waals surface area contributed by atoms with Crippen LogP contribution in [0.5, 0.6) is 0 Å². The molecule has 2 heterocycles. The smallest absolute Gasteiger partial charge is 0.134 e. The Hall–Kier alpha value is -1.36. The summed E-state index contributed by atoms with van der Waals surface area (Å²) in [6, 6.07) is 2.46. The molecule has 1 aromatic heterocycles. The topological polar surface area (TPSA) is 50.3 Å². The van der Waals surface area contributed by atoms with Crippen molar-refractivity contribution >= 4 is 11.6 Å². The molecular formula is C14H24N4O. The van der Waals surface area contributed by atoms with Crippen LogP contribution in [-0.4, -0.2) is 42.8 Å². The minimum atomic E-state index is 0.429. The van der Waals surface area contributed by atoms with Gasteiger partial charge in [0.2, 0.25) is 0 Å². The molecule has 2 rings (SSSR count). The van der Waals surface area contributed by atoms with E-state index in [-0.39, 0.29) is 0 Å². The van der Waals surface area contributed by atoms with E-state index in [1.54, 1.807) is 0 Å². The number of anilines is 2. The molecule has 5 nitrogen and oxygen atoms in total. The molecule has 0 radical (unpaired) electrons. The first-order valence-corrected chi connectivity index (χ1v) is 7.17. The van der Waals surface area contributed by atoms with Crippen molar-refractivity contribution in [1.29, 1.82) is 0 Å². The Kier molecular flexibility index (Phi) is 4.96. The van der Waals surface area contributed by atoms with E-state index < -0.39 is 0 Å². The summed E-state index contributed by atoms with van der Waals surface area (Å²) in [7, 11) is 2.09. The lowest BCUT2D eigenvalue weighted by atomic mass is 10.2. The molecule has 1 aliphatic rings. The molecule has 0 bridgehead atoms. The van der Waals surface area contributed by atoms with Gasteiger partial charge in [0.05, 0.1) is 12.6 Å². The second-order valence-electron chi connectivity index (χ2n) is 4.94. The molecule has 0 saturated carbocycles. The van der Waals surface area contributed by atoms with E-state index in [4.69, 9.17) is 4.74 Å². The maximum Gasteiger partial charge on any atom is 0.134 e. The lowest BCUT2D eigenvalue weighted by Crippen LogP contribution is -2.32. The standard InChI is InChI=1S/C14H24N4O/c1-4-7-15-13-9-14(17-12(5-2)16-13)18(3)11-6-8-19-10-11/h9,11H,4-8,10H2,1-3H3,(H,15,16,17). The number of hydrogen-bond acceptors (Lipinski definition) is 5. The molecule has 1 unspecified atom stereocenters. The van der Waals surface area contributed by atoms with Crippen LogP contribution < -0.4 is 10.2 Å². The summed E-state index contributed by atoms with van der Waals surface area (Å²) < 4.78 is 5.45. The van der Waals surface area contributed by atoms with Gasteiger partial charge in [-0.05, 0) is 12.8 Å². The van der Waals surface area contributed by atoms with Crippen LogP contribution in [0.2, 0.25) is 0 Å². The number of rotatable bonds is 6. The van der Waals surface area contributed by atoms with Gasteiger partial charge in [-0.25, -0.2) is 9.97 Å². The summed E-state index contributed by atoms with van der Waals surface area (Å²) in [5.74, 6) is 2.80. The average Bonchev–Trinajstić information content (AvgIpc) is 2.98. The Labute approximate surface area is 115 Å². The Morgan fingerprint density at radius 1 is 1.42 bits per heavy atom. The maximum atomic E-state index is 5.45. The van der Waals surface area contributed by atoms with Crippen molar-refractivity contribution in [3.05, 3.63) is 11.9 Å². The molecule has 0 aromatic carbocycles. The predicted octanol–water partition coefficient (Wildman–Crippen LogP) is 2.09. The van der Waals surface area contributed by atoms with Gasteiger partial charge in [0.25, 0.3) is 0 Å². The molecule has 1 aliphatic heterocycles. The summed E-state index contributed by atoms with van der Waals surface area (Å²) in [4.78, 5) is 11.4. The van der Waals surface area contributed by atoms with E-state index >= 15 is 0 Å². The minimum Gasteiger partial charge on any atom is -0.379 e. The highest BCUT2D eigenvalue weighted by atomic mass is 16.5. The number of ether oxygens (including phenoxy) is 1. The van der Waals surface area contributed by atoms with E-state index in [1.807, 2.05) is 6.07 Å². The number of nitrogens with zero attached hydrogens (tertiary/aromatic N) is 3. The number of likely N-dealkylation sites (N-methyl/N-ethyl adjacent to an activating group) is 1. The van der Waals surface area contributed by atoms with Gasteiger partial charge in [-0.2, -0.15) is 0 Å². The molecular weight excluding hydrogens is 240 g/mol. The normalized spacial score (nSPS) is 18.6. The molecule has 1 fully saturated rings. The fraction of sp³-hybridized carbons (Fsp3) is 0.714. The van der Waals surface area contributed by atoms with Crippen molar-refractivity contribution in [2.75, 3.05) is 37.0 Å². The molecule has 0 spiro atoms. The van der Waals surface area contributed by atoms with Crippen molar-refractivity contribution in [2.45, 2.75) is 39.2 Å². The highest BCUT2D eigenvalue weighted by Crippen LogP contribution is 2.21. The van der Waals surface area contributed by atoms with Crippen LogP contribution in [0.15, 0.2) is 6.07 Å². The molecule has 0 aliphatic carbocycles. The second kappa shape index (κ2) is 6.70. The van der Waals surface area contributed by atoms with Crippen LogP contribution >= 0.6 is 0 Å². The third-order valence-corrected chi connectivity index (χ3v) is 3.45. The summed E-state index contributed by atoms with van der Waals surface area (Å²) in [6.45, 7) is 6.82. The first kappa shape index (κ1) is 14.1. The summed E-state index contributed by atoms with van der Waals surface area (Å²) in [5.41, 5.74) is 0. The molecule has 5 heteroatoms. The number of aryl methyl sites for hydroxylation is 1. The van der Waals surface area contributed by atoms with E-state index in [2.05, 4.69) is 41.1 Å². The summed E-state index contributed by atoms with van der Waals surface area (Å²) in [5, 5.41) is 3.35. The largest absolute Gasteiger partial charge is 0.379 e. The summed E-state index contributed by atoms with van der Waals surface area (Å²) in [6.07, 6.45) is 3.01. The van der Waals surface area contributed by atoms with Gasteiger partial charge in [0, 0.05) is 32.7 Å². The number of aromatic nitrogens is 2. The van der Waals surface area contributed by atoms with Gasteiger partial charge in [-0.3, -0.25) is 0 Å². The monoisotopic (exact) mass is 264 g/mol. The first-order valence-electron chi connectivity index (χ1n) is 7.17. The van der Waals surface area contributed by atoms with Crippen LogP contribution in [0.3, 0.4) is 0 Å². The molecule has 19 heavy (non-hydrogen) atoms. The van der Waals surface area contributed by atoms with Crippen molar-refractivity contribution in [3.8, 4) is 0 Å². The Morgan fingerprint density at radius 2 is 2.26 bits per heavy atom. The number of hydrogen-bond donors (Lipinski definition) is 1. The van der Waals surface area contributed by atoms with Crippen LogP contribution in [0.25, 0.3) is 0 Å². The van der Waals surface area contributed by atoms with Gasteiger partial charge in [-0.1, -0.05) is 13.8 Å². The third-order valence-electron chi connectivity index (χ3n) is 3.45. The van der Waals surface area contributed by atoms with Crippen molar-refractivity contribution < 1.29 is 4.74 Å². The van der Waals surface area contributed by atoms with Gasteiger partial charge >= 0.3 is 0 Å². The molecule has 0 amide bonds.